The highest BCUT2D eigenvalue weighted by molar-refractivity contribution is 9.10. The van der Waals surface area contributed by atoms with Gasteiger partial charge in [-0.3, -0.25) is 0 Å². The maximum atomic E-state index is 7.49. The van der Waals surface area contributed by atoms with E-state index < -0.39 is 0 Å². The first-order valence-corrected chi connectivity index (χ1v) is 20.9. The fourth-order valence-corrected chi connectivity index (χ4v) is 9.93. The van der Waals surface area contributed by atoms with Crippen LogP contribution in [-0.2, 0) is 0 Å². The smallest absolute Gasteiger partial charge is 0.256 e. The topological polar surface area (TPSA) is 17.4 Å². The number of para-hydroxylation sites is 2. The molecular formula is C54H34BBrN2O. The maximum absolute atomic E-state index is 7.49. The number of nitrogens with zero attached hydrogens (tertiary/aromatic N) is 2. The molecule has 0 unspecified atom stereocenters. The number of hydrogen-bond donors (Lipinski definition) is 0. The number of rotatable bonds is 5. The summed E-state index contributed by atoms with van der Waals surface area (Å²) in [7, 11) is 0. The molecule has 59 heavy (non-hydrogen) atoms. The monoisotopic (exact) mass is 816 g/mol. The highest BCUT2D eigenvalue weighted by Gasteiger charge is 2.44. The van der Waals surface area contributed by atoms with Gasteiger partial charge < -0.3 is 14.2 Å². The van der Waals surface area contributed by atoms with E-state index in [2.05, 4.69) is 232 Å². The van der Waals surface area contributed by atoms with Crippen LogP contribution in [0.25, 0.3) is 60.9 Å². The van der Waals surface area contributed by atoms with Crippen molar-refractivity contribution >= 4 is 77.9 Å². The molecule has 0 aliphatic carbocycles. The Morgan fingerprint density at radius 2 is 1.02 bits per heavy atom. The van der Waals surface area contributed by atoms with Gasteiger partial charge in [0.15, 0.2) is 0 Å². The predicted molar refractivity (Wildman–Crippen MR) is 251 cm³/mol. The van der Waals surface area contributed by atoms with E-state index in [9.17, 15) is 0 Å². The van der Waals surface area contributed by atoms with Crippen LogP contribution in [-0.4, -0.2) is 11.3 Å². The van der Waals surface area contributed by atoms with Crippen molar-refractivity contribution in [1.29, 1.82) is 0 Å². The van der Waals surface area contributed by atoms with Gasteiger partial charge in [-0.2, -0.15) is 0 Å². The van der Waals surface area contributed by atoms with Gasteiger partial charge >= 0.3 is 0 Å². The third kappa shape index (κ3) is 5.35. The molecule has 276 valence electrons. The molecule has 10 aromatic rings. The van der Waals surface area contributed by atoms with Crippen LogP contribution < -0.4 is 26.0 Å². The molecule has 5 heteroatoms. The van der Waals surface area contributed by atoms with Crippen molar-refractivity contribution in [1.82, 2.24) is 4.57 Å². The zero-order valence-corrected chi connectivity index (χ0v) is 33.5. The Balaban J connectivity index is 1.15. The van der Waals surface area contributed by atoms with Crippen LogP contribution in [0.15, 0.2) is 211 Å². The Hall–Kier alpha value is -7.08. The molecule has 3 heterocycles. The lowest BCUT2D eigenvalue weighted by Crippen LogP contribution is -2.59. The van der Waals surface area contributed by atoms with Gasteiger partial charge in [0.25, 0.3) is 6.71 Å². The third-order valence-corrected chi connectivity index (χ3v) is 12.6. The first kappa shape index (κ1) is 34.0. The summed E-state index contributed by atoms with van der Waals surface area (Å²) in [5.41, 5.74) is 17.1. The summed E-state index contributed by atoms with van der Waals surface area (Å²) >= 11 is 3.90. The number of fused-ring (bicyclic) bond motifs is 7. The lowest BCUT2D eigenvalue weighted by molar-refractivity contribution is 0.489. The quantitative estimate of drug-likeness (QED) is 0.161. The van der Waals surface area contributed by atoms with Crippen molar-refractivity contribution in [3.8, 4) is 50.6 Å². The van der Waals surface area contributed by atoms with Crippen molar-refractivity contribution in [3.63, 3.8) is 0 Å². The van der Waals surface area contributed by atoms with Gasteiger partial charge in [-0.05, 0) is 92.7 Å². The van der Waals surface area contributed by atoms with Gasteiger partial charge in [0.05, 0.1) is 11.0 Å². The maximum Gasteiger partial charge on any atom is 0.256 e. The number of halogens is 1. The number of benzene rings is 9. The van der Waals surface area contributed by atoms with Gasteiger partial charge in [0.1, 0.15) is 11.5 Å². The molecule has 0 spiro atoms. The van der Waals surface area contributed by atoms with Crippen LogP contribution in [0.2, 0.25) is 0 Å². The molecule has 2 aliphatic rings. The highest BCUT2D eigenvalue weighted by atomic mass is 79.9. The minimum atomic E-state index is -0.0874. The molecule has 1 aromatic heterocycles. The molecule has 0 N–H and O–H groups in total. The molecule has 0 radical (unpaired) electrons. The average Bonchev–Trinajstić information content (AvgIpc) is 3.64. The standard InChI is InChI=1S/C54H34BBrN2O/c56-39-26-31-49-46(32-39)55-45-30-29-41(58-47-22-12-10-20-42(47)43-21-11-13-23-48(43)58)33-51(45)59-54-52(38-18-8-3-9-19-38)44(37-16-6-2-7-17-37)34-50(53(54)55)57(49)40-27-24-36(25-28-40)35-14-4-1-5-15-35/h1-34H. The van der Waals surface area contributed by atoms with Crippen molar-refractivity contribution < 1.29 is 4.74 Å². The van der Waals surface area contributed by atoms with Crippen molar-refractivity contribution in [2.45, 2.75) is 0 Å². The van der Waals surface area contributed by atoms with Gasteiger partial charge in [-0.1, -0.05) is 168 Å². The first-order chi connectivity index (χ1) is 29.2. The second-order valence-electron chi connectivity index (χ2n) is 15.4. The van der Waals surface area contributed by atoms with Crippen LogP contribution in [0, 0.1) is 0 Å². The Kier molecular flexibility index (Phi) is 7.79. The fourth-order valence-electron chi connectivity index (χ4n) is 9.55. The summed E-state index contributed by atoms with van der Waals surface area (Å²) in [6.45, 7) is -0.0874. The zero-order chi connectivity index (χ0) is 39.0. The Labute approximate surface area is 351 Å². The summed E-state index contributed by atoms with van der Waals surface area (Å²) in [5, 5.41) is 2.47. The molecular weight excluding hydrogens is 783 g/mol. The number of hydrogen-bond acceptors (Lipinski definition) is 2. The molecule has 12 rings (SSSR count). The SMILES string of the molecule is Brc1ccc2c(c1)B1c3ccc(-n4c5ccccc5c5ccccc54)cc3Oc3c1c(cc(-c1ccccc1)c3-c1ccccc1)N2c1ccc(-c2ccccc2)cc1. The highest BCUT2D eigenvalue weighted by Crippen LogP contribution is 2.49. The van der Waals surface area contributed by atoms with Gasteiger partial charge in [-0.15, -0.1) is 0 Å². The van der Waals surface area contributed by atoms with Gasteiger partial charge in [-0.25, -0.2) is 0 Å². The number of anilines is 3. The zero-order valence-electron chi connectivity index (χ0n) is 31.9. The third-order valence-electron chi connectivity index (χ3n) is 12.1. The summed E-state index contributed by atoms with van der Waals surface area (Å²) in [6.07, 6.45) is 0. The first-order valence-electron chi connectivity index (χ1n) is 20.1. The predicted octanol–water partition coefficient (Wildman–Crippen LogP) is 13.0. The van der Waals surface area contributed by atoms with E-state index in [0.29, 0.717) is 0 Å². The van der Waals surface area contributed by atoms with E-state index in [0.717, 1.165) is 66.4 Å². The van der Waals surface area contributed by atoms with E-state index in [1.165, 1.54) is 43.9 Å². The molecule has 3 nitrogen and oxygen atoms in total. The molecule has 0 saturated carbocycles. The Morgan fingerprint density at radius 1 is 0.441 bits per heavy atom. The summed E-state index contributed by atoms with van der Waals surface area (Å²) in [4.78, 5) is 2.44. The van der Waals surface area contributed by atoms with Gasteiger partial charge in [0, 0.05) is 49.6 Å². The van der Waals surface area contributed by atoms with E-state index >= 15 is 0 Å². The second kappa shape index (κ2) is 13.5. The van der Waals surface area contributed by atoms with Crippen LogP contribution >= 0.6 is 15.9 Å². The summed E-state index contributed by atoms with van der Waals surface area (Å²) in [5.74, 6) is 1.75. The number of ether oxygens (including phenoxy) is 1. The molecule has 0 fully saturated rings. The normalized spacial score (nSPS) is 12.6. The van der Waals surface area contributed by atoms with Crippen LogP contribution in [0.4, 0.5) is 17.1 Å². The lowest BCUT2D eigenvalue weighted by Gasteiger charge is -2.41. The van der Waals surface area contributed by atoms with Crippen LogP contribution in [0.5, 0.6) is 11.5 Å². The van der Waals surface area contributed by atoms with Gasteiger partial charge in [0.2, 0.25) is 0 Å². The van der Waals surface area contributed by atoms with Crippen molar-refractivity contribution in [3.05, 3.63) is 211 Å². The molecule has 0 atom stereocenters. The van der Waals surface area contributed by atoms with Crippen LogP contribution in [0.1, 0.15) is 0 Å². The largest absolute Gasteiger partial charge is 0.458 e. The van der Waals surface area contributed by atoms with Crippen molar-refractivity contribution in [2.24, 2.45) is 0 Å². The van der Waals surface area contributed by atoms with E-state index in [1.54, 1.807) is 0 Å². The molecule has 0 bridgehead atoms. The summed E-state index contributed by atoms with van der Waals surface area (Å²) < 4.78 is 10.9. The lowest BCUT2D eigenvalue weighted by atomic mass is 9.34. The second-order valence-corrected chi connectivity index (χ2v) is 16.3. The fraction of sp³-hybridized carbons (Fsp3) is 0. The molecule has 2 aliphatic heterocycles. The Morgan fingerprint density at radius 3 is 1.69 bits per heavy atom. The minimum Gasteiger partial charge on any atom is -0.458 e. The van der Waals surface area contributed by atoms with E-state index in [1.807, 2.05) is 0 Å². The average molecular weight is 818 g/mol. The molecule has 0 saturated heterocycles. The van der Waals surface area contributed by atoms with E-state index in [-0.39, 0.29) is 6.71 Å². The minimum absolute atomic E-state index is 0.0874. The van der Waals surface area contributed by atoms with Crippen molar-refractivity contribution in [2.75, 3.05) is 4.90 Å². The molecule has 0 amide bonds. The molecule has 9 aromatic carbocycles. The van der Waals surface area contributed by atoms with Crippen LogP contribution in [0.3, 0.4) is 0 Å². The number of aromatic nitrogens is 1. The van der Waals surface area contributed by atoms with E-state index in [4.69, 9.17) is 4.74 Å². The summed E-state index contributed by atoms with van der Waals surface area (Å²) in [6, 6.07) is 74.4. The Bertz CT molecular complexity index is 3200.